The Balaban J connectivity index is 4.13. The molecule has 0 aliphatic heterocycles. The van der Waals surface area contributed by atoms with E-state index in [4.69, 9.17) is 0 Å². The molecule has 0 saturated heterocycles. The lowest BCUT2D eigenvalue weighted by Crippen LogP contribution is -2.42. The number of rotatable bonds is 21. The van der Waals surface area contributed by atoms with E-state index in [0.717, 1.165) is 57.8 Å². The molecule has 2 N–H and O–H groups in total. The van der Waals surface area contributed by atoms with Crippen molar-refractivity contribution in [1.82, 2.24) is 5.32 Å². The number of allylic oxidation sites excluding steroid dienone is 11. The van der Waals surface area contributed by atoms with Gasteiger partial charge in [-0.2, -0.15) is 0 Å². The Morgan fingerprint density at radius 2 is 1.18 bits per heavy atom. The Bertz CT molecular complexity index is 654. The molecule has 192 valence electrons. The molecule has 1 unspecified atom stereocenters. The van der Waals surface area contributed by atoms with Crippen LogP contribution in [0.2, 0.25) is 0 Å². The fourth-order valence-corrected chi connectivity index (χ4v) is 3.44. The molecule has 0 spiro atoms. The number of hydrogen-bond acceptors (Lipinski definition) is 2. The summed E-state index contributed by atoms with van der Waals surface area (Å²) in [6.07, 6.45) is 37.6. The van der Waals surface area contributed by atoms with Gasteiger partial charge < -0.3 is 10.4 Å². The zero-order chi connectivity index (χ0) is 25.2. The van der Waals surface area contributed by atoms with Gasteiger partial charge in [0.2, 0.25) is 5.91 Å². The summed E-state index contributed by atoms with van der Waals surface area (Å²) in [5.41, 5.74) is -0.790. The minimum Gasteiger partial charge on any atom is -0.388 e. The van der Waals surface area contributed by atoms with Crippen LogP contribution in [0.25, 0.3) is 0 Å². The highest BCUT2D eigenvalue weighted by Crippen LogP contribution is 2.21. The van der Waals surface area contributed by atoms with Crippen molar-refractivity contribution in [2.45, 2.75) is 110 Å². The second kappa shape index (κ2) is 24.0. The highest BCUT2D eigenvalue weighted by atomic mass is 16.3. The largest absolute Gasteiger partial charge is 0.388 e. The van der Waals surface area contributed by atoms with Crippen molar-refractivity contribution in [3.8, 4) is 0 Å². The van der Waals surface area contributed by atoms with Crippen molar-refractivity contribution in [3.05, 3.63) is 72.9 Å². The molecule has 0 heterocycles. The standard InChI is InChI=1S/C31H51NO2/c1-4-7-10-12-13-14-15-16-17-18-19-20-21-22-23-24-26-30(33)32-29-31(34,27-9-6-3)28-25-11-8-5-2/h12-17,20-24,26,34H,4-11,18-19,25,27-29H2,1-3H3,(H,32,33). The Labute approximate surface area is 210 Å². The Kier molecular flexibility index (Phi) is 22.5. The number of unbranched alkanes of at least 4 members (excludes halogenated alkanes) is 7. The summed E-state index contributed by atoms with van der Waals surface area (Å²) >= 11 is 0. The van der Waals surface area contributed by atoms with Crippen LogP contribution in [0.1, 0.15) is 104 Å². The van der Waals surface area contributed by atoms with Crippen LogP contribution in [0.3, 0.4) is 0 Å². The maximum atomic E-state index is 12.1. The molecule has 0 aliphatic rings. The van der Waals surface area contributed by atoms with Crippen molar-refractivity contribution in [1.29, 1.82) is 0 Å². The topological polar surface area (TPSA) is 49.3 Å². The first-order valence-electron chi connectivity index (χ1n) is 13.6. The van der Waals surface area contributed by atoms with Crippen molar-refractivity contribution >= 4 is 5.91 Å². The van der Waals surface area contributed by atoms with E-state index in [2.05, 4.69) is 68.6 Å². The lowest BCUT2D eigenvalue weighted by atomic mass is 9.90. The molecule has 1 amide bonds. The van der Waals surface area contributed by atoms with Crippen molar-refractivity contribution in [2.75, 3.05) is 6.54 Å². The average molecular weight is 470 g/mol. The maximum absolute atomic E-state index is 12.1. The predicted molar refractivity (Wildman–Crippen MR) is 150 cm³/mol. The second-order valence-electron chi connectivity index (χ2n) is 8.99. The molecule has 0 fully saturated rings. The van der Waals surface area contributed by atoms with Crippen LogP contribution in [0.5, 0.6) is 0 Å². The molecular weight excluding hydrogens is 418 g/mol. The van der Waals surface area contributed by atoms with E-state index in [1.807, 2.05) is 18.2 Å². The highest BCUT2D eigenvalue weighted by molar-refractivity contribution is 5.87. The molecule has 0 aromatic heterocycles. The summed E-state index contributed by atoms with van der Waals surface area (Å²) in [7, 11) is 0. The molecular formula is C31H51NO2. The number of amides is 1. The zero-order valence-electron chi connectivity index (χ0n) is 22.2. The van der Waals surface area contributed by atoms with Gasteiger partial charge in [-0.3, -0.25) is 4.79 Å². The van der Waals surface area contributed by atoms with Gasteiger partial charge in [-0.1, -0.05) is 139 Å². The van der Waals surface area contributed by atoms with Gasteiger partial charge in [-0.05, 0) is 32.1 Å². The molecule has 1 atom stereocenters. The Morgan fingerprint density at radius 3 is 1.76 bits per heavy atom. The molecule has 0 radical (unpaired) electrons. The summed E-state index contributed by atoms with van der Waals surface area (Å²) in [5, 5.41) is 13.8. The van der Waals surface area contributed by atoms with Crippen molar-refractivity contribution < 1.29 is 9.90 Å². The van der Waals surface area contributed by atoms with E-state index in [0.29, 0.717) is 6.54 Å². The van der Waals surface area contributed by atoms with Crippen LogP contribution >= 0.6 is 0 Å². The molecule has 0 saturated carbocycles. The number of nitrogens with one attached hydrogen (secondary N) is 1. The van der Waals surface area contributed by atoms with Gasteiger partial charge in [0.1, 0.15) is 0 Å². The SMILES string of the molecule is CCCCC=CC=CC=CCCC=CC=CC=CC(=O)NCC(O)(CCCC)CCCCCC. The minimum absolute atomic E-state index is 0.157. The van der Waals surface area contributed by atoms with Gasteiger partial charge >= 0.3 is 0 Å². The summed E-state index contributed by atoms with van der Waals surface area (Å²) in [4.78, 5) is 12.1. The van der Waals surface area contributed by atoms with E-state index in [1.165, 1.54) is 31.8 Å². The van der Waals surface area contributed by atoms with Crippen molar-refractivity contribution in [3.63, 3.8) is 0 Å². The highest BCUT2D eigenvalue weighted by Gasteiger charge is 2.25. The van der Waals surface area contributed by atoms with Gasteiger partial charge in [0.25, 0.3) is 0 Å². The smallest absolute Gasteiger partial charge is 0.244 e. The number of hydrogen-bond donors (Lipinski definition) is 2. The van der Waals surface area contributed by atoms with Crippen LogP contribution in [0.15, 0.2) is 72.9 Å². The zero-order valence-corrected chi connectivity index (χ0v) is 22.2. The van der Waals surface area contributed by atoms with Gasteiger partial charge in [0.15, 0.2) is 0 Å². The third-order valence-corrected chi connectivity index (χ3v) is 5.63. The van der Waals surface area contributed by atoms with Gasteiger partial charge in [-0.25, -0.2) is 0 Å². The van der Waals surface area contributed by atoms with Gasteiger partial charge in [0, 0.05) is 12.6 Å². The van der Waals surface area contributed by atoms with Gasteiger partial charge in [-0.15, -0.1) is 0 Å². The molecule has 0 aromatic rings. The number of carbonyl (C=O) groups excluding carboxylic acids is 1. The molecule has 34 heavy (non-hydrogen) atoms. The fourth-order valence-electron chi connectivity index (χ4n) is 3.44. The first kappa shape index (κ1) is 31.9. The van der Waals surface area contributed by atoms with E-state index < -0.39 is 5.60 Å². The number of aliphatic hydroxyl groups is 1. The maximum Gasteiger partial charge on any atom is 0.244 e. The van der Waals surface area contributed by atoms with E-state index in [9.17, 15) is 9.90 Å². The molecule has 0 bridgehead atoms. The van der Waals surface area contributed by atoms with E-state index in [1.54, 1.807) is 6.08 Å². The summed E-state index contributed by atoms with van der Waals surface area (Å²) in [5.74, 6) is -0.157. The fraction of sp³-hybridized carbons (Fsp3) is 0.581. The first-order chi connectivity index (χ1) is 16.6. The first-order valence-corrected chi connectivity index (χ1v) is 13.6. The van der Waals surface area contributed by atoms with E-state index in [-0.39, 0.29) is 5.91 Å². The molecule has 3 heteroatoms. The molecule has 0 aromatic carbocycles. The Hall–Kier alpha value is -2.13. The lowest BCUT2D eigenvalue weighted by Gasteiger charge is -2.28. The van der Waals surface area contributed by atoms with Gasteiger partial charge in [0.05, 0.1) is 5.60 Å². The number of carbonyl (C=O) groups is 1. The molecule has 0 aliphatic carbocycles. The summed E-state index contributed by atoms with van der Waals surface area (Å²) in [6.45, 7) is 6.85. The Morgan fingerprint density at radius 1 is 0.647 bits per heavy atom. The summed E-state index contributed by atoms with van der Waals surface area (Å²) < 4.78 is 0. The van der Waals surface area contributed by atoms with Crippen LogP contribution < -0.4 is 5.32 Å². The second-order valence-corrected chi connectivity index (χ2v) is 8.99. The molecule has 0 rings (SSSR count). The van der Waals surface area contributed by atoms with Crippen LogP contribution in [-0.4, -0.2) is 23.2 Å². The van der Waals surface area contributed by atoms with Crippen LogP contribution in [0.4, 0.5) is 0 Å². The summed E-state index contributed by atoms with van der Waals surface area (Å²) in [6, 6.07) is 0. The van der Waals surface area contributed by atoms with Crippen LogP contribution in [-0.2, 0) is 4.79 Å². The molecule has 3 nitrogen and oxygen atoms in total. The minimum atomic E-state index is -0.790. The van der Waals surface area contributed by atoms with Crippen LogP contribution in [0, 0.1) is 0 Å². The quantitative estimate of drug-likeness (QED) is 0.101. The predicted octanol–water partition coefficient (Wildman–Crippen LogP) is 8.30. The van der Waals surface area contributed by atoms with E-state index >= 15 is 0 Å². The van der Waals surface area contributed by atoms with Crippen molar-refractivity contribution in [2.24, 2.45) is 0 Å². The third-order valence-electron chi connectivity index (χ3n) is 5.63. The average Bonchev–Trinajstić information content (AvgIpc) is 2.84. The lowest BCUT2D eigenvalue weighted by molar-refractivity contribution is -0.118. The monoisotopic (exact) mass is 469 g/mol. The third kappa shape index (κ3) is 21.7. The normalized spacial score (nSPS) is 14.6.